The molecular weight excluding hydrogens is 308 g/mol. The maximum absolute atomic E-state index is 12.2. The van der Waals surface area contributed by atoms with Crippen molar-refractivity contribution in [3.05, 3.63) is 17.2 Å². The number of carbonyl (C=O) groups excluding carboxylic acids is 2. The lowest BCUT2D eigenvalue weighted by Gasteiger charge is -2.40. The van der Waals surface area contributed by atoms with E-state index in [2.05, 4.69) is 10.3 Å². The number of halogens is 1. The van der Waals surface area contributed by atoms with Gasteiger partial charge in [-0.05, 0) is 27.2 Å². The minimum absolute atomic E-state index is 0.212. The van der Waals surface area contributed by atoms with Crippen LogP contribution in [-0.2, 0) is 23.1 Å². The summed E-state index contributed by atoms with van der Waals surface area (Å²) in [5.41, 5.74) is -0.572. The van der Waals surface area contributed by atoms with Crippen LogP contribution < -0.4 is 5.32 Å². The molecule has 0 unspecified atom stereocenters. The molecule has 7 nitrogen and oxygen atoms in total. The van der Waals surface area contributed by atoms with Gasteiger partial charge < -0.3 is 14.6 Å². The van der Waals surface area contributed by atoms with Gasteiger partial charge in [0.15, 0.2) is 0 Å². The van der Waals surface area contributed by atoms with Crippen molar-refractivity contribution in [2.24, 2.45) is 7.05 Å². The smallest absolute Gasteiger partial charge is 0.410 e. The molecule has 2 heterocycles. The second-order valence-electron chi connectivity index (χ2n) is 6.25. The first kappa shape index (κ1) is 16.6. The molecule has 0 spiro atoms. The van der Waals surface area contributed by atoms with E-state index in [0.717, 1.165) is 0 Å². The largest absolute Gasteiger partial charge is 0.444 e. The minimum atomic E-state index is -0.572. The van der Waals surface area contributed by atoms with Gasteiger partial charge in [-0.1, -0.05) is 11.6 Å². The topological polar surface area (TPSA) is 76.5 Å². The normalized spacial score (nSPS) is 17.9. The van der Waals surface area contributed by atoms with Crippen molar-refractivity contribution in [1.82, 2.24) is 19.8 Å². The molecule has 8 heteroatoms. The number of ether oxygens (including phenoxy) is 1. The fourth-order valence-electron chi connectivity index (χ4n) is 2.07. The third kappa shape index (κ3) is 3.71. The number of rotatable bonds is 3. The molecule has 1 fully saturated rings. The van der Waals surface area contributed by atoms with Gasteiger partial charge in [0, 0.05) is 13.6 Å². The highest BCUT2D eigenvalue weighted by Gasteiger charge is 2.39. The summed E-state index contributed by atoms with van der Waals surface area (Å²) in [6.45, 7) is 6.18. The molecule has 0 aromatic carbocycles. The Kier molecular flexibility index (Phi) is 4.65. The third-order valence-corrected chi connectivity index (χ3v) is 3.75. The van der Waals surface area contributed by atoms with Gasteiger partial charge in [0.25, 0.3) is 0 Å². The minimum Gasteiger partial charge on any atom is -0.444 e. The molecule has 22 heavy (non-hydrogen) atoms. The molecule has 0 aliphatic carbocycles. The van der Waals surface area contributed by atoms with Gasteiger partial charge >= 0.3 is 6.09 Å². The summed E-state index contributed by atoms with van der Waals surface area (Å²) in [5.74, 6) is 0.442. The Labute approximate surface area is 134 Å². The second kappa shape index (κ2) is 6.16. The Hall–Kier alpha value is -1.76. The van der Waals surface area contributed by atoms with Crippen molar-refractivity contribution in [3.63, 3.8) is 0 Å². The first-order chi connectivity index (χ1) is 10.2. The van der Waals surface area contributed by atoms with Crippen molar-refractivity contribution in [1.29, 1.82) is 0 Å². The SMILES string of the molecule is Cn1c(Cl)cnc1CNC(=O)[C@H]1CCN1C(=O)OC(C)(C)C. The first-order valence-electron chi connectivity index (χ1n) is 7.12. The Morgan fingerprint density at radius 1 is 1.50 bits per heavy atom. The Balaban J connectivity index is 1.88. The fraction of sp³-hybridized carbons (Fsp3) is 0.643. The fourth-order valence-corrected chi connectivity index (χ4v) is 2.22. The molecule has 0 saturated carbocycles. The second-order valence-corrected chi connectivity index (χ2v) is 6.64. The zero-order chi connectivity index (χ0) is 16.5. The summed E-state index contributed by atoms with van der Waals surface area (Å²) >= 11 is 5.89. The van der Waals surface area contributed by atoms with Crippen LogP contribution in [0.15, 0.2) is 6.20 Å². The highest BCUT2D eigenvalue weighted by molar-refractivity contribution is 6.29. The zero-order valence-corrected chi connectivity index (χ0v) is 14.0. The summed E-state index contributed by atoms with van der Waals surface area (Å²) in [4.78, 5) is 29.7. The summed E-state index contributed by atoms with van der Waals surface area (Å²) in [6.07, 6.45) is 1.70. The summed E-state index contributed by atoms with van der Waals surface area (Å²) in [7, 11) is 1.77. The van der Waals surface area contributed by atoms with Gasteiger partial charge in [0.1, 0.15) is 22.6 Å². The van der Waals surface area contributed by atoms with E-state index in [9.17, 15) is 9.59 Å². The molecule has 1 aliphatic heterocycles. The van der Waals surface area contributed by atoms with Crippen LogP contribution in [-0.4, -0.2) is 44.6 Å². The molecular formula is C14H21ClN4O3. The summed E-state index contributed by atoms with van der Waals surface area (Å²) in [6, 6.07) is -0.481. The van der Waals surface area contributed by atoms with Crippen molar-refractivity contribution in [2.45, 2.75) is 45.4 Å². The van der Waals surface area contributed by atoms with Crippen LogP contribution in [0.3, 0.4) is 0 Å². The number of amides is 2. The lowest BCUT2D eigenvalue weighted by molar-refractivity contribution is -0.130. The number of nitrogens with one attached hydrogen (secondary N) is 1. The van der Waals surface area contributed by atoms with Crippen LogP contribution >= 0.6 is 11.6 Å². The lowest BCUT2D eigenvalue weighted by Crippen LogP contribution is -2.59. The summed E-state index contributed by atoms with van der Waals surface area (Å²) < 4.78 is 6.97. The van der Waals surface area contributed by atoms with Gasteiger partial charge in [-0.2, -0.15) is 0 Å². The molecule has 2 amide bonds. The zero-order valence-electron chi connectivity index (χ0n) is 13.2. The van der Waals surface area contributed by atoms with Crippen molar-refractivity contribution in [3.8, 4) is 0 Å². The molecule has 0 radical (unpaired) electrons. The van der Waals surface area contributed by atoms with E-state index in [-0.39, 0.29) is 12.5 Å². The molecule has 1 saturated heterocycles. The highest BCUT2D eigenvalue weighted by Crippen LogP contribution is 2.21. The third-order valence-electron chi connectivity index (χ3n) is 3.40. The molecule has 1 aromatic rings. The van der Waals surface area contributed by atoms with E-state index >= 15 is 0 Å². The number of aromatic nitrogens is 2. The van der Waals surface area contributed by atoms with Crippen LogP contribution in [0.25, 0.3) is 0 Å². The first-order valence-corrected chi connectivity index (χ1v) is 7.50. The number of hydrogen-bond acceptors (Lipinski definition) is 4. The molecule has 1 N–H and O–H groups in total. The lowest BCUT2D eigenvalue weighted by atomic mass is 10.0. The van der Waals surface area contributed by atoms with Crippen LogP contribution in [0.2, 0.25) is 5.15 Å². The van der Waals surface area contributed by atoms with Crippen molar-refractivity contribution in [2.75, 3.05) is 6.54 Å². The number of hydrogen-bond donors (Lipinski definition) is 1. The molecule has 122 valence electrons. The average molecular weight is 329 g/mol. The molecule has 1 aromatic heterocycles. The maximum atomic E-state index is 12.2. The van der Waals surface area contributed by atoms with E-state index in [1.807, 2.05) is 0 Å². The van der Waals surface area contributed by atoms with E-state index in [0.29, 0.717) is 23.9 Å². The van der Waals surface area contributed by atoms with Crippen LogP contribution in [0, 0.1) is 0 Å². The van der Waals surface area contributed by atoms with E-state index in [1.165, 1.54) is 11.1 Å². The van der Waals surface area contributed by atoms with Crippen molar-refractivity contribution >= 4 is 23.6 Å². The van der Waals surface area contributed by atoms with E-state index in [1.54, 1.807) is 32.4 Å². The number of imidazole rings is 1. The molecule has 0 bridgehead atoms. The number of likely N-dealkylation sites (tertiary alicyclic amines) is 1. The van der Waals surface area contributed by atoms with E-state index in [4.69, 9.17) is 16.3 Å². The Morgan fingerprint density at radius 3 is 2.64 bits per heavy atom. The highest BCUT2D eigenvalue weighted by atomic mass is 35.5. The molecule has 2 rings (SSSR count). The van der Waals surface area contributed by atoms with E-state index < -0.39 is 17.7 Å². The van der Waals surface area contributed by atoms with Crippen LogP contribution in [0.5, 0.6) is 0 Å². The van der Waals surface area contributed by atoms with Crippen LogP contribution in [0.4, 0.5) is 4.79 Å². The van der Waals surface area contributed by atoms with Crippen molar-refractivity contribution < 1.29 is 14.3 Å². The van der Waals surface area contributed by atoms with Gasteiger partial charge in [-0.15, -0.1) is 0 Å². The van der Waals surface area contributed by atoms with Gasteiger partial charge in [0.2, 0.25) is 5.91 Å². The Bertz CT molecular complexity index is 579. The molecule has 1 atom stereocenters. The van der Waals surface area contributed by atoms with Crippen LogP contribution in [0.1, 0.15) is 33.0 Å². The monoisotopic (exact) mass is 328 g/mol. The Morgan fingerprint density at radius 2 is 2.18 bits per heavy atom. The number of nitrogens with zero attached hydrogens (tertiary/aromatic N) is 3. The maximum Gasteiger partial charge on any atom is 0.410 e. The molecule has 1 aliphatic rings. The predicted molar refractivity (Wildman–Crippen MR) is 81.4 cm³/mol. The van der Waals surface area contributed by atoms with Gasteiger partial charge in [-0.3, -0.25) is 9.69 Å². The summed E-state index contributed by atoms with van der Waals surface area (Å²) in [5, 5.41) is 3.28. The standard InChI is InChI=1S/C14H21ClN4O3/c1-14(2,3)22-13(21)19-6-5-9(19)12(20)17-8-11-16-7-10(15)18(11)4/h7,9H,5-6,8H2,1-4H3,(H,17,20)/t9-/m1/s1. The number of carbonyl (C=O) groups is 2. The van der Waals surface area contributed by atoms with Gasteiger partial charge in [-0.25, -0.2) is 9.78 Å². The quantitative estimate of drug-likeness (QED) is 0.916. The average Bonchev–Trinajstić information content (AvgIpc) is 2.63. The predicted octanol–water partition coefficient (Wildman–Crippen LogP) is 1.70. The van der Waals surface area contributed by atoms with Gasteiger partial charge in [0.05, 0.1) is 12.7 Å².